The van der Waals surface area contributed by atoms with Crippen LogP contribution in [0.25, 0.3) is 10.9 Å². The third-order valence-electron chi connectivity index (χ3n) is 7.90. The van der Waals surface area contributed by atoms with Gasteiger partial charge in [-0.1, -0.05) is 90.5 Å². The van der Waals surface area contributed by atoms with Gasteiger partial charge in [-0.25, -0.2) is 4.79 Å². The molecule has 0 aliphatic rings. The summed E-state index contributed by atoms with van der Waals surface area (Å²) in [5, 5.41) is 4.13. The second-order valence-electron chi connectivity index (χ2n) is 11.1. The molecule has 1 aromatic heterocycles. The smallest absolute Gasteiger partial charge is 0.417 e. The summed E-state index contributed by atoms with van der Waals surface area (Å²) in [5.74, 6) is 0.253. The van der Waals surface area contributed by atoms with E-state index >= 15 is 0 Å². The van der Waals surface area contributed by atoms with Crippen molar-refractivity contribution >= 4 is 40.9 Å². The molecule has 5 nitrogen and oxygen atoms in total. The Kier molecular flexibility index (Phi) is 11.4. The summed E-state index contributed by atoms with van der Waals surface area (Å²) in [6.45, 7) is 4.36. The summed E-state index contributed by atoms with van der Waals surface area (Å²) in [6, 6.07) is 31.1. The average Bonchev–Trinajstić information content (AvgIpc) is 3.43. The maximum atomic E-state index is 13.8. The number of hydrogen-bond donors (Lipinski definition) is 1. The zero-order valence-electron chi connectivity index (χ0n) is 25.4. The SMILES string of the molecule is CC(=O)On1ccc2c(OC(C)CCNCC(Cc3cccc(C(F)(F)F)c3Cl)(c3ccccc3)c3ccccc3)cccc21.Cl. The highest BCUT2D eigenvalue weighted by Gasteiger charge is 2.38. The fourth-order valence-electron chi connectivity index (χ4n) is 5.73. The van der Waals surface area contributed by atoms with Gasteiger partial charge in [0.2, 0.25) is 0 Å². The van der Waals surface area contributed by atoms with Crippen molar-refractivity contribution in [1.29, 1.82) is 0 Å². The van der Waals surface area contributed by atoms with Gasteiger partial charge in [0.05, 0.1) is 22.2 Å². The summed E-state index contributed by atoms with van der Waals surface area (Å²) < 4.78 is 49.1. The van der Waals surface area contributed by atoms with Gasteiger partial charge in [-0.15, -0.1) is 12.4 Å². The molecule has 1 atom stereocenters. The lowest BCUT2D eigenvalue weighted by Gasteiger charge is -2.36. The maximum Gasteiger partial charge on any atom is 0.417 e. The van der Waals surface area contributed by atoms with Gasteiger partial charge in [-0.2, -0.15) is 17.9 Å². The van der Waals surface area contributed by atoms with Crippen LogP contribution in [0.3, 0.4) is 0 Å². The number of nitrogens with one attached hydrogen (secondary N) is 1. The Bertz CT molecular complexity index is 1710. The molecule has 0 saturated heterocycles. The lowest BCUT2D eigenvalue weighted by atomic mass is 9.70. The minimum atomic E-state index is -4.56. The number of halogens is 5. The summed E-state index contributed by atoms with van der Waals surface area (Å²) in [5.41, 5.74) is 1.51. The monoisotopic (exact) mass is 670 g/mol. The normalized spacial score (nSPS) is 12.4. The van der Waals surface area contributed by atoms with Crippen LogP contribution >= 0.6 is 24.0 Å². The number of rotatable bonds is 12. The molecule has 10 heteroatoms. The van der Waals surface area contributed by atoms with Crippen molar-refractivity contribution in [2.45, 2.75) is 44.4 Å². The molecule has 0 bridgehead atoms. The van der Waals surface area contributed by atoms with Crippen LogP contribution in [0.1, 0.15) is 42.5 Å². The standard InChI is InChI=1S/C36H34ClF3N2O3.ClH/c1-25(44-33-18-10-17-32-30(33)20-22-42(32)45-26(2)43)19-21-41-24-35(28-12-5-3-6-13-28,29-14-7-4-8-15-29)23-27-11-9-16-31(34(27)37)36(38,39)40;/h3-18,20,22,25,41H,19,21,23-24H2,1-2H3;1H. The van der Waals surface area contributed by atoms with Gasteiger partial charge in [-0.3, -0.25) is 0 Å². The van der Waals surface area contributed by atoms with Crippen molar-refractivity contribution in [3.63, 3.8) is 0 Å². The van der Waals surface area contributed by atoms with Crippen LogP contribution in [0.2, 0.25) is 5.02 Å². The first-order valence-electron chi connectivity index (χ1n) is 14.7. The van der Waals surface area contributed by atoms with Crippen LogP contribution in [0.15, 0.2) is 109 Å². The number of benzene rings is 4. The van der Waals surface area contributed by atoms with Crippen LogP contribution < -0.4 is 14.9 Å². The van der Waals surface area contributed by atoms with Gasteiger partial charge in [0.25, 0.3) is 0 Å². The number of carbonyl (C=O) groups is 1. The molecule has 1 unspecified atom stereocenters. The van der Waals surface area contributed by atoms with E-state index in [-0.39, 0.29) is 30.0 Å². The molecular weight excluding hydrogens is 636 g/mol. The lowest BCUT2D eigenvalue weighted by Crippen LogP contribution is -2.42. The molecule has 46 heavy (non-hydrogen) atoms. The van der Waals surface area contributed by atoms with Crippen molar-refractivity contribution in [3.8, 4) is 5.75 Å². The highest BCUT2D eigenvalue weighted by Crippen LogP contribution is 2.41. The fourth-order valence-corrected chi connectivity index (χ4v) is 6.03. The Morgan fingerprint density at radius 3 is 2.13 bits per heavy atom. The predicted octanol–water partition coefficient (Wildman–Crippen LogP) is 8.69. The second-order valence-corrected chi connectivity index (χ2v) is 11.5. The Hall–Kier alpha value is -3.98. The van der Waals surface area contributed by atoms with E-state index in [9.17, 15) is 18.0 Å². The van der Waals surface area contributed by atoms with E-state index in [1.807, 2.05) is 91.9 Å². The highest BCUT2D eigenvalue weighted by molar-refractivity contribution is 6.32. The summed E-state index contributed by atoms with van der Waals surface area (Å²) in [7, 11) is 0. The van der Waals surface area contributed by atoms with E-state index < -0.39 is 23.1 Å². The molecule has 0 saturated carbocycles. The van der Waals surface area contributed by atoms with E-state index in [0.29, 0.717) is 30.8 Å². The van der Waals surface area contributed by atoms with Crippen LogP contribution in [0.4, 0.5) is 13.2 Å². The first-order valence-corrected chi connectivity index (χ1v) is 15.1. The van der Waals surface area contributed by atoms with Crippen LogP contribution in [-0.4, -0.2) is 29.9 Å². The average molecular weight is 672 g/mol. The van der Waals surface area contributed by atoms with Crippen molar-refractivity contribution in [3.05, 3.63) is 137 Å². The molecule has 242 valence electrons. The van der Waals surface area contributed by atoms with Crippen LogP contribution in [0.5, 0.6) is 5.75 Å². The molecule has 0 spiro atoms. The second kappa shape index (κ2) is 15.1. The number of aromatic nitrogens is 1. The minimum Gasteiger partial charge on any atom is -0.490 e. The molecule has 4 aromatic carbocycles. The van der Waals surface area contributed by atoms with E-state index in [4.69, 9.17) is 21.2 Å². The molecule has 0 aliphatic heterocycles. The van der Waals surface area contributed by atoms with Gasteiger partial charge < -0.3 is 14.9 Å². The first-order chi connectivity index (χ1) is 21.6. The van der Waals surface area contributed by atoms with Crippen molar-refractivity contribution in [2.75, 3.05) is 13.1 Å². The minimum absolute atomic E-state index is 0. The number of fused-ring (bicyclic) bond motifs is 1. The number of ether oxygens (including phenoxy) is 1. The summed E-state index contributed by atoms with van der Waals surface area (Å²) in [6.07, 6.45) is -2.14. The van der Waals surface area contributed by atoms with Gasteiger partial charge in [0, 0.05) is 30.5 Å². The van der Waals surface area contributed by atoms with Gasteiger partial charge >= 0.3 is 12.1 Å². The molecule has 0 aliphatic carbocycles. The first kappa shape index (κ1) is 34.9. The number of hydrogen-bond acceptors (Lipinski definition) is 4. The number of carbonyl (C=O) groups excluding carboxylic acids is 1. The van der Waals surface area contributed by atoms with E-state index in [2.05, 4.69) is 5.32 Å². The molecule has 1 N–H and O–H groups in total. The highest BCUT2D eigenvalue weighted by atomic mass is 35.5. The summed E-state index contributed by atoms with van der Waals surface area (Å²) in [4.78, 5) is 16.7. The zero-order chi connectivity index (χ0) is 32.0. The van der Waals surface area contributed by atoms with E-state index in [0.717, 1.165) is 28.1 Å². The van der Waals surface area contributed by atoms with Crippen LogP contribution in [-0.2, 0) is 22.8 Å². The number of nitrogens with zero attached hydrogens (tertiary/aromatic N) is 1. The zero-order valence-corrected chi connectivity index (χ0v) is 27.0. The van der Waals surface area contributed by atoms with Crippen molar-refractivity contribution in [2.24, 2.45) is 0 Å². The fraction of sp³-hybridized carbons (Fsp3) is 0.250. The quantitative estimate of drug-likeness (QED) is 0.135. The molecular formula is C36H35Cl2F3N2O3. The maximum absolute atomic E-state index is 13.8. The predicted molar refractivity (Wildman–Crippen MR) is 178 cm³/mol. The Morgan fingerprint density at radius 1 is 0.891 bits per heavy atom. The largest absolute Gasteiger partial charge is 0.490 e. The summed E-state index contributed by atoms with van der Waals surface area (Å²) >= 11 is 6.44. The van der Waals surface area contributed by atoms with Crippen LogP contribution in [0, 0.1) is 0 Å². The Labute approximate surface area is 277 Å². The van der Waals surface area contributed by atoms with Crippen molar-refractivity contribution < 1.29 is 27.5 Å². The topological polar surface area (TPSA) is 52.5 Å². The third-order valence-corrected chi connectivity index (χ3v) is 8.34. The molecule has 1 heterocycles. The Balaban J connectivity index is 0.00000480. The molecule has 5 aromatic rings. The number of alkyl halides is 3. The molecule has 0 radical (unpaired) electrons. The molecule has 5 rings (SSSR count). The van der Waals surface area contributed by atoms with Gasteiger partial charge in [0.1, 0.15) is 5.75 Å². The molecule has 0 fully saturated rings. The molecule has 0 amide bonds. The van der Waals surface area contributed by atoms with Gasteiger partial charge in [-0.05, 0) is 67.3 Å². The lowest BCUT2D eigenvalue weighted by molar-refractivity contribution is -0.141. The van der Waals surface area contributed by atoms with Gasteiger partial charge in [0.15, 0.2) is 0 Å². The van der Waals surface area contributed by atoms with Crippen molar-refractivity contribution in [1.82, 2.24) is 10.0 Å². The Morgan fingerprint density at radius 2 is 1.52 bits per heavy atom. The van der Waals surface area contributed by atoms with E-state index in [1.54, 1.807) is 12.3 Å². The third kappa shape index (κ3) is 7.86. The van der Waals surface area contributed by atoms with E-state index in [1.165, 1.54) is 17.7 Å².